The molecular weight excluding hydrogens is 232 g/mol. The van der Waals surface area contributed by atoms with Crippen LogP contribution in [-0.4, -0.2) is 9.32 Å². The second-order valence-corrected chi connectivity index (χ2v) is 5.55. The van der Waals surface area contributed by atoms with Crippen LogP contribution in [0.1, 0.15) is 22.8 Å². The molecule has 3 rings (SSSR count). The van der Waals surface area contributed by atoms with Crippen molar-refractivity contribution in [1.82, 2.24) is 0 Å². The second-order valence-electron chi connectivity index (χ2n) is 4.13. The maximum atomic E-state index is 12.2. The third-order valence-electron chi connectivity index (χ3n) is 3.10. The van der Waals surface area contributed by atoms with Crippen molar-refractivity contribution in [2.75, 3.05) is 0 Å². The fourth-order valence-corrected chi connectivity index (χ4v) is 3.61. The minimum Gasteiger partial charge on any atom is -0.384 e. The summed E-state index contributed by atoms with van der Waals surface area (Å²) < 4.78 is 12.2. The van der Waals surface area contributed by atoms with E-state index >= 15 is 0 Å². The van der Waals surface area contributed by atoms with Crippen LogP contribution in [0.5, 0.6) is 0 Å². The highest BCUT2D eigenvalue weighted by atomic mass is 32.2. The molecule has 2 nitrogen and oxygen atoms in total. The van der Waals surface area contributed by atoms with Gasteiger partial charge in [0.2, 0.25) is 0 Å². The van der Waals surface area contributed by atoms with E-state index in [1.807, 2.05) is 48.5 Å². The van der Waals surface area contributed by atoms with E-state index in [0.717, 1.165) is 21.6 Å². The zero-order valence-electron chi connectivity index (χ0n) is 9.17. The van der Waals surface area contributed by atoms with Gasteiger partial charge in [0.05, 0.1) is 16.6 Å². The molecule has 3 heteroatoms. The Kier molecular flexibility index (Phi) is 2.57. The maximum Gasteiger partial charge on any atom is 0.106 e. The van der Waals surface area contributed by atoms with Crippen LogP contribution in [-0.2, 0) is 16.6 Å². The van der Waals surface area contributed by atoms with Crippen molar-refractivity contribution in [2.45, 2.75) is 16.8 Å². The molecule has 2 atom stereocenters. The zero-order valence-corrected chi connectivity index (χ0v) is 9.98. The Morgan fingerprint density at radius 1 is 1.00 bits per heavy atom. The molecule has 2 aromatic rings. The molecule has 1 heterocycles. The van der Waals surface area contributed by atoms with Crippen molar-refractivity contribution in [2.24, 2.45) is 0 Å². The minimum atomic E-state index is -1.07. The Morgan fingerprint density at radius 2 is 1.65 bits per heavy atom. The van der Waals surface area contributed by atoms with Gasteiger partial charge in [-0.2, -0.15) is 0 Å². The summed E-state index contributed by atoms with van der Waals surface area (Å²) in [5, 5.41) is 10.4. The Bertz CT molecular complexity index is 592. The monoisotopic (exact) mass is 244 g/mol. The van der Waals surface area contributed by atoms with Gasteiger partial charge in [0, 0.05) is 10.5 Å². The molecule has 0 amide bonds. The Morgan fingerprint density at radius 3 is 2.47 bits per heavy atom. The number of hydrogen-bond acceptors (Lipinski definition) is 2. The summed E-state index contributed by atoms with van der Waals surface area (Å²) >= 11 is 0. The van der Waals surface area contributed by atoms with Crippen LogP contribution in [0.4, 0.5) is 0 Å². The van der Waals surface area contributed by atoms with E-state index in [9.17, 15) is 9.32 Å². The fraction of sp³-hybridized carbons (Fsp3) is 0.143. The third-order valence-corrected chi connectivity index (χ3v) is 4.53. The molecule has 0 saturated heterocycles. The van der Waals surface area contributed by atoms with Crippen molar-refractivity contribution >= 4 is 10.8 Å². The van der Waals surface area contributed by atoms with Gasteiger partial charge in [0.1, 0.15) is 6.10 Å². The molecule has 0 spiro atoms. The topological polar surface area (TPSA) is 37.3 Å². The lowest BCUT2D eigenvalue weighted by Gasteiger charge is -2.12. The van der Waals surface area contributed by atoms with Crippen LogP contribution in [0.25, 0.3) is 0 Å². The van der Waals surface area contributed by atoms with E-state index in [0.29, 0.717) is 5.75 Å². The lowest BCUT2D eigenvalue weighted by atomic mass is 9.98. The Labute approximate surface area is 102 Å². The van der Waals surface area contributed by atoms with E-state index < -0.39 is 16.9 Å². The Hall–Kier alpha value is -1.45. The lowest BCUT2D eigenvalue weighted by Crippen LogP contribution is -2.01. The molecule has 1 aliphatic heterocycles. The lowest BCUT2D eigenvalue weighted by molar-refractivity contribution is 0.217. The highest BCUT2D eigenvalue weighted by Crippen LogP contribution is 2.33. The van der Waals surface area contributed by atoms with E-state index in [1.54, 1.807) is 0 Å². The molecule has 2 unspecified atom stereocenters. The number of benzene rings is 2. The SMILES string of the molecule is O=S1Cc2ccccc2C(O)c2ccccc21. The number of hydrogen-bond donors (Lipinski definition) is 1. The first-order valence-corrected chi connectivity index (χ1v) is 6.82. The highest BCUT2D eigenvalue weighted by Gasteiger charge is 2.24. The number of aliphatic hydroxyl groups is 1. The van der Waals surface area contributed by atoms with Gasteiger partial charge in [0.15, 0.2) is 0 Å². The smallest absolute Gasteiger partial charge is 0.106 e. The molecule has 1 N–H and O–H groups in total. The maximum absolute atomic E-state index is 12.2. The summed E-state index contributed by atoms with van der Waals surface area (Å²) in [4.78, 5) is 0.746. The molecule has 0 fully saturated rings. The fourth-order valence-electron chi connectivity index (χ4n) is 2.23. The van der Waals surface area contributed by atoms with Gasteiger partial charge < -0.3 is 5.11 Å². The first kappa shape index (κ1) is 10.7. The average Bonchev–Trinajstić information content (AvgIpc) is 2.48. The van der Waals surface area contributed by atoms with Gasteiger partial charge in [-0.15, -0.1) is 0 Å². The van der Waals surface area contributed by atoms with Crippen molar-refractivity contribution in [3.05, 3.63) is 65.2 Å². The van der Waals surface area contributed by atoms with Crippen LogP contribution in [0.15, 0.2) is 53.4 Å². The zero-order chi connectivity index (χ0) is 11.8. The van der Waals surface area contributed by atoms with Crippen LogP contribution in [0.3, 0.4) is 0 Å². The van der Waals surface area contributed by atoms with E-state index in [1.165, 1.54) is 0 Å². The van der Waals surface area contributed by atoms with Crippen LogP contribution >= 0.6 is 0 Å². The predicted molar refractivity (Wildman–Crippen MR) is 67.1 cm³/mol. The molecule has 2 aromatic carbocycles. The van der Waals surface area contributed by atoms with Gasteiger partial charge in [0.25, 0.3) is 0 Å². The third kappa shape index (κ3) is 1.72. The standard InChI is InChI=1S/C14H12O2S/c15-14-11-6-2-1-5-10(11)9-17(16)13-8-4-3-7-12(13)14/h1-8,14-15H,9H2. The molecule has 0 aromatic heterocycles. The van der Waals surface area contributed by atoms with Gasteiger partial charge in [-0.1, -0.05) is 42.5 Å². The largest absolute Gasteiger partial charge is 0.384 e. The molecule has 0 saturated carbocycles. The van der Waals surface area contributed by atoms with Crippen molar-refractivity contribution < 1.29 is 9.32 Å². The van der Waals surface area contributed by atoms with Crippen molar-refractivity contribution in [3.8, 4) is 0 Å². The molecule has 0 radical (unpaired) electrons. The first-order chi connectivity index (χ1) is 8.27. The summed E-state index contributed by atoms with van der Waals surface area (Å²) in [6, 6.07) is 15.1. The number of rotatable bonds is 0. The van der Waals surface area contributed by atoms with E-state index in [4.69, 9.17) is 0 Å². The molecule has 1 aliphatic rings. The molecule has 0 bridgehead atoms. The average molecular weight is 244 g/mol. The molecule has 86 valence electrons. The van der Waals surface area contributed by atoms with E-state index in [-0.39, 0.29) is 0 Å². The quantitative estimate of drug-likeness (QED) is 0.772. The minimum absolute atomic E-state index is 0.476. The first-order valence-electron chi connectivity index (χ1n) is 5.50. The molecular formula is C14H12O2S. The summed E-state index contributed by atoms with van der Waals surface area (Å²) in [5.74, 6) is 0.476. The summed E-state index contributed by atoms with van der Waals surface area (Å²) in [6.45, 7) is 0. The van der Waals surface area contributed by atoms with Crippen LogP contribution in [0.2, 0.25) is 0 Å². The van der Waals surface area contributed by atoms with Crippen LogP contribution in [0, 0.1) is 0 Å². The Balaban J connectivity index is 2.26. The number of aliphatic hydroxyl groups excluding tert-OH is 1. The van der Waals surface area contributed by atoms with E-state index in [2.05, 4.69) is 0 Å². The van der Waals surface area contributed by atoms with Gasteiger partial charge in [-0.05, 0) is 17.2 Å². The van der Waals surface area contributed by atoms with Crippen LogP contribution < -0.4 is 0 Å². The van der Waals surface area contributed by atoms with Gasteiger partial charge >= 0.3 is 0 Å². The summed E-state index contributed by atoms with van der Waals surface area (Å²) in [5.41, 5.74) is 2.59. The summed E-state index contributed by atoms with van der Waals surface area (Å²) in [7, 11) is -1.07. The summed E-state index contributed by atoms with van der Waals surface area (Å²) in [6.07, 6.45) is -0.672. The van der Waals surface area contributed by atoms with Crippen molar-refractivity contribution in [1.29, 1.82) is 0 Å². The second kappa shape index (κ2) is 4.09. The van der Waals surface area contributed by atoms with Gasteiger partial charge in [-0.25, -0.2) is 0 Å². The number of fused-ring (bicyclic) bond motifs is 2. The van der Waals surface area contributed by atoms with Crippen molar-refractivity contribution in [3.63, 3.8) is 0 Å². The van der Waals surface area contributed by atoms with Gasteiger partial charge in [-0.3, -0.25) is 4.21 Å². The molecule has 0 aliphatic carbocycles. The molecule has 17 heavy (non-hydrogen) atoms. The normalized spacial score (nSPS) is 22.4. The predicted octanol–water partition coefficient (Wildman–Crippen LogP) is 2.39. The highest BCUT2D eigenvalue weighted by molar-refractivity contribution is 7.84.